The molecule has 1 atom stereocenters. The summed E-state index contributed by atoms with van der Waals surface area (Å²) >= 11 is 1.50. The van der Waals surface area contributed by atoms with E-state index in [2.05, 4.69) is 15.2 Å². The number of nitrogens with zero attached hydrogens (tertiary/aromatic N) is 5. The number of rotatable bonds is 5. The lowest BCUT2D eigenvalue weighted by Crippen LogP contribution is -2.35. The molecule has 1 fully saturated rings. The van der Waals surface area contributed by atoms with Crippen molar-refractivity contribution in [2.45, 2.75) is 45.6 Å². The third-order valence-corrected chi connectivity index (χ3v) is 6.15. The second-order valence-electron chi connectivity index (χ2n) is 6.93. The van der Waals surface area contributed by atoms with Crippen LogP contribution in [0.25, 0.3) is 5.69 Å². The smallest absolute Gasteiger partial charge is 0.266 e. The summed E-state index contributed by atoms with van der Waals surface area (Å²) in [7, 11) is 0. The average molecular weight is 382 g/mol. The van der Waals surface area contributed by atoms with E-state index in [-0.39, 0.29) is 11.9 Å². The van der Waals surface area contributed by atoms with Crippen molar-refractivity contribution in [3.8, 4) is 5.69 Å². The molecule has 6 nitrogen and oxygen atoms in total. The van der Waals surface area contributed by atoms with Gasteiger partial charge < -0.3 is 4.90 Å². The van der Waals surface area contributed by atoms with E-state index in [9.17, 15) is 4.79 Å². The molecule has 3 aromatic rings. The Hall–Kier alpha value is -2.54. The molecule has 1 saturated heterocycles. The molecule has 7 heteroatoms. The Labute approximate surface area is 162 Å². The summed E-state index contributed by atoms with van der Waals surface area (Å²) in [6.07, 6.45) is 5.55. The van der Waals surface area contributed by atoms with Crippen LogP contribution in [0, 0.1) is 13.8 Å². The van der Waals surface area contributed by atoms with Gasteiger partial charge in [0.05, 0.1) is 10.7 Å². The normalized spacial score (nSPS) is 16.8. The number of carbonyl (C=O) groups is 1. The minimum Gasteiger partial charge on any atom is -0.335 e. The van der Waals surface area contributed by atoms with E-state index in [1.54, 1.807) is 6.33 Å². The summed E-state index contributed by atoms with van der Waals surface area (Å²) in [5, 5.41) is 9.33. The first-order valence-corrected chi connectivity index (χ1v) is 10.1. The lowest BCUT2D eigenvalue weighted by molar-refractivity contribution is 0.0734. The van der Waals surface area contributed by atoms with Crippen LogP contribution in [0.2, 0.25) is 0 Å². The molecule has 0 aliphatic carbocycles. The quantitative estimate of drug-likeness (QED) is 0.678. The maximum absolute atomic E-state index is 13.0. The Bertz CT molecular complexity index is 933. The highest BCUT2D eigenvalue weighted by atomic mass is 32.1. The van der Waals surface area contributed by atoms with Crippen molar-refractivity contribution in [1.82, 2.24) is 24.6 Å². The van der Waals surface area contributed by atoms with Gasteiger partial charge >= 0.3 is 0 Å². The number of amides is 1. The molecule has 140 valence electrons. The van der Waals surface area contributed by atoms with Crippen LogP contribution in [0.15, 0.2) is 36.7 Å². The Morgan fingerprint density at radius 2 is 2.07 bits per heavy atom. The number of likely N-dealkylation sites (tertiary alicyclic amines) is 1. The second kappa shape index (κ2) is 7.60. The van der Waals surface area contributed by atoms with E-state index < -0.39 is 0 Å². The molecule has 1 aliphatic rings. The summed E-state index contributed by atoms with van der Waals surface area (Å²) in [4.78, 5) is 20.2. The predicted molar refractivity (Wildman–Crippen MR) is 105 cm³/mol. The zero-order valence-corrected chi connectivity index (χ0v) is 16.4. The van der Waals surface area contributed by atoms with Gasteiger partial charge in [0.15, 0.2) is 0 Å². The van der Waals surface area contributed by atoms with Gasteiger partial charge in [0, 0.05) is 24.7 Å². The number of thiazole rings is 1. The third kappa shape index (κ3) is 3.64. The maximum atomic E-state index is 13.0. The van der Waals surface area contributed by atoms with Crippen LogP contribution < -0.4 is 0 Å². The lowest BCUT2D eigenvalue weighted by Gasteiger charge is -2.24. The van der Waals surface area contributed by atoms with Crippen LogP contribution >= 0.6 is 11.3 Å². The van der Waals surface area contributed by atoms with Crippen molar-refractivity contribution in [3.05, 3.63) is 58.1 Å². The van der Waals surface area contributed by atoms with Crippen LogP contribution in [0.5, 0.6) is 0 Å². The van der Waals surface area contributed by atoms with E-state index in [1.165, 1.54) is 11.3 Å². The fraction of sp³-hybridized carbons (Fsp3) is 0.400. The molecule has 27 heavy (non-hydrogen) atoms. The predicted octanol–water partition coefficient (Wildman–Crippen LogP) is 3.58. The lowest BCUT2D eigenvalue weighted by atomic mass is 10.1. The Balaban J connectivity index is 1.46. The molecule has 1 aliphatic heterocycles. The maximum Gasteiger partial charge on any atom is 0.266 e. The van der Waals surface area contributed by atoms with Crippen molar-refractivity contribution in [3.63, 3.8) is 0 Å². The second-order valence-corrected chi connectivity index (χ2v) is 8.14. The highest BCUT2D eigenvalue weighted by Crippen LogP contribution is 2.27. The number of hydrogen-bond acceptors (Lipinski definition) is 5. The Kier molecular flexibility index (Phi) is 5.03. The van der Waals surface area contributed by atoms with Gasteiger partial charge in [-0.05, 0) is 45.2 Å². The highest BCUT2D eigenvalue weighted by molar-refractivity contribution is 7.13. The zero-order chi connectivity index (χ0) is 18.8. The highest BCUT2D eigenvalue weighted by Gasteiger charge is 2.31. The first-order chi connectivity index (χ1) is 13.1. The molecule has 0 N–H and O–H groups in total. The van der Waals surface area contributed by atoms with Crippen LogP contribution in [0.3, 0.4) is 0 Å². The van der Waals surface area contributed by atoms with Gasteiger partial charge in [-0.15, -0.1) is 21.5 Å². The summed E-state index contributed by atoms with van der Waals surface area (Å²) in [5.41, 5.74) is 1.91. The first kappa shape index (κ1) is 17.9. The molecule has 0 bridgehead atoms. The van der Waals surface area contributed by atoms with Crippen molar-refractivity contribution in [2.75, 3.05) is 6.54 Å². The largest absolute Gasteiger partial charge is 0.335 e. The van der Waals surface area contributed by atoms with Crippen LogP contribution in [0.4, 0.5) is 0 Å². The molecular formula is C20H23N5OS. The van der Waals surface area contributed by atoms with Crippen LogP contribution in [-0.4, -0.2) is 43.1 Å². The van der Waals surface area contributed by atoms with Gasteiger partial charge in [-0.3, -0.25) is 9.36 Å². The Morgan fingerprint density at radius 3 is 2.81 bits per heavy atom. The molecular weight excluding hydrogens is 358 g/mol. The van der Waals surface area contributed by atoms with Crippen molar-refractivity contribution in [2.24, 2.45) is 0 Å². The van der Waals surface area contributed by atoms with Gasteiger partial charge in [0.25, 0.3) is 5.91 Å². The van der Waals surface area contributed by atoms with E-state index in [1.807, 2.05) is 53.6 Å². The summed E-state index contributed by atoms with van der Waals surface area (Å²) in [6.45, 7) is 4.70. The summed E-state index contributed by atoms with van der Waals surface area (Å²) < 4.78 is 2.03. The molecule has 1 amide bonds. The van der Waals surface area contributed by atoms with E-state index in [0.717, 1.165) is 59.3 Å². The number of carbonyl (C=O) groups excluding carboxylic acids is 1. The minimum atomic E-state index is 0.130. The fourth-order valence-corrected chi connectivity index (χ4v) is 4.67. The fourth-order valence-electron chi connectivity index (χ4n) is 3.79. The number of hydrogen-bond donors (Lipinski definition) is 0. The van der Waals surface area contributed by atoms with Gasteiger partial charge in [-0.1, -0.05) is 18.2 Å². The van der Waals surface area contributed by atoms with Crippen molar-refractivity contribution in [1.29, 1.82) is 0 Å². The topological polar surface area (TPSA) is 63.9 Å². The van der Waals surface area contributed by atoms with Crippen molar-refractivity contribution >= 4 is 17.2 Å². The summed E-state index contributed by atoms with van der Waals surface area (Å²) in [6, 6.07) is 10.4. The number of aryl methyl sites for hydroxylation is 3. The van der Waals surface area contributed by atoms with E-state index >= 15 is 0 Å². The SMILES string of the molecule is Cc1nc(C)c(C(=O)N2CCCC2CCc2nncn2-c2ccccc2)s1. The molecule has 1 aromatic carbocycles. The van der Waals surface area contributed by atoms with Gasteiger partial charge in [-0.2, -0.15) is 0 Å². The molecule has 1 unspecified atom stereocenters. The van der Waals surface area contributed by atoms with Crippen molar-refractivity contribution < 1.29 is 4.79 Å². The molecule has 4 rings (SSSR count). The molecule has 0 radical (unpaired) electrons. The molecule has 2 aromatic heterocycles. The van der Waals surface area contributed by atoms with Crippen LogP contribution in [-0.2, 0) is 6.42 Å². The van der Waals surface area contributed by atoms with Gasteiger partial charge in [0.1, 0.15) is 17.0 Å². The monoisotopic (exact) mass is 381 g/mol. The first-order valence-electron chi connectivity index (χ1n) is 9.33. The van der Waals surface area contributed by atoms with Crippen LogP contribution in [0.1, 0.15) is 45.5 Å². The van der Waals surface area contributed by atoms with Gasteiger partial charge in [-0.25, -0.2) is 4.98 Å². The summed E-state index contributed by atoms with van der Waals surface area (Å²) in [5.74, 6) is 1.07. The number of aromatic nitrogens is 4. The number of para-hydroxylation sites is 1. The Morgan fingerprint density at radius 1 is 1.26 bits per heavy atom. The molecule has 0 saturated carbocycles. The number of benzene rings is 1. The van der Waals surface area contributed by atoms with E-state index in [0.29, 0.717) is 0 Å². The molecule has 3 heterocycles. The minimum absolute atomic E-state index is 0.130. The standard InChI is InChI=1S/C20H23N5OS/c1-14-19(27-15(2)22-14)20(26)24-12-6-9-17(24)10-11-18-23-21-13-25(18)16-7-4-3-5-8-16/h3-5,7-8,13,17H,6,9-12H2,1-2H3. The van der Waals surface area contributed by atoms with E-state index in [4.69, 9.17) is 0 Å². The zero-order valence-electron chi connectivity index (χ0n) is 15.6. The third-order valence-electron chi connectivity index (χ3n) is 5.09. The molecule has 0 spiro atoms. The van der Waals surface area contributed by atoms with Gasteiger partial charge in [0.2, 0.25) is 0 Å². The average Bonchev–Trinajstić information content (AvgIpc) is 3.39.